The van der Waals surface area contributed by atoms with Gasteiger partial charge in [-0.2, -0.15) is 0 Å². The Kier molecular flexibility index (Phi) is 21.3. The average Bonchev–Trinajstić information content (AvgIpc) is 2.45. The summed E-state index contributed by atoms with van der Waals surface area (Å²) in [5, 5.41) is 0. The van der Waals surface area contributed by atoms with E-state index < -0.39 is 7.60 Å². The van der Waals surface area contributed by atoms with Crippen molar-refractivity contribution >= 4 is 7.60 Å². The van der Waals surface area contributed by atoms with Crippen molar-refractivity contribution in [2.24, 2.45) is 0 Å². The van der Waals surface area contributed by atoms with Crippen LogP contribution in [-0.2, 0) is 21.1 Å². The minimum atomic E-state index is -3.75. The van der Waals surface area contributed by atoms with Crippen LogP contribution in [0.25, 0.3) is 0 Å². The summed E-state index contributed by atoms with van der Waals surface area (Å²) in [5.41, 5.74) is 0. The Morgan fingerprint density at radius 1 is 0.565 bits per heavy atom. The van der Waals surface area contributed by atoms with Gasteiger partial charge in [-0.3, -0.25) is 4.57 Å². The third-order valence-corrected chi connectivity index (χ3v) is 5.20. The molecule has 0 aliphatic heterocycles. The van der Waals surface area contributed by atoms with Gasteiger partial charge in [0.15, 0.2) is 0 Å². The zero-order valence-corrected chi connectivity index (χ0v) is 17.0. The summed E-state index contributed by atoms with van der Waals surface area (Å²) < 4.78 is 10.7. The van der Waals surface area contributed by atoms with Crippen molar-refractivity contribution < 1.29 is 30.8 Å². The van der Waals surface area contributed by atoms with Crippen LogP contribution in [0.1, 0.15) is 110 Å². The third kappa shape index (κ3) is 25.0. The van der Waals surface area contributed by atoms with Crippen molar-refractivity contribution in [1.82, 2.24) is 0 Å². The molecule has 3 nitrogen and oxygen atoms in total. The molecule has 0 unspecified atom stereocenters. The molecule has 0 fully saturated rings. The predicted molar refractivity (Wildman–Crippen MR) is 96.5 cm³/mol. The van der Waals surface area contributed by atoms with Crippen molar-refractivity contribution in [1.29, 1.82) is 0 Å². The fourth-order valence-corrected chi connectivity index (χ4v) is 3.50. The Bertz CT molecular complexity index is 269. The van der Waals surface area contributed by atoms with Crippen LogP contribution in [0.2, 0.25) is 0 Å². The molecule has 5 heteroatoms. The molecular formula is C18H39NiO3P. The topological polar surface area (TPSA) is 57.5 Å². The fourth-order valence-electron chi connectivity index (χ4n) is 2.87. The molecule has 0 aliphatic carbocycles. The van der Waals surface area contributed by atoms with Crippen LogP contribution in [0.3, 0.4) is 0 Å². The summed E-state index contributed by atoms with van der Waals surface area (Å²) >= 11 is 0. The van der Waals surface area contributed by atoms with E-state index in [-0.39, 0.29) is 22.7 Å². The van der Waals surface area contributed by atoms with Crippen molar-refractivity contribution in [3.63, 3.8) is 0 Å². The first kappa shape index (κ1) is 25.9. The summed E-state index contributed by atoms with van der Waals surface area (Å²) in [6, 6.07) is 0. The van der Waals surface area contributed by atoms with Gasteiger partial charge in [0.2, 0.25) is 0 Å². The second kappa shape index (κ2) is 19.0. The van der Waals surface area contributed by atoms with Crippen LogP contribution in [-0.4, -0.2) is 15.9 Å². The van der Waals surface area contributed by atoms with Crippen molar-refractivity contribution in [2.75, 3.05) is 6.16 Å². The Labute approximate surface area is 154 Å². The van der Waals surface area contributed by atoms with Gasteiger partial charge in [-0.25, -0.2) is 0 Å². The van der Waals surface area contributed by atoms with E-state index in [0.717, 1.165) is 12.8 Å². The van der Waals surface area contributed by atoms with Crippen LogP contribution in [0, 0.1) is 0 Å². The van der Waals surface area contributed by atoms with Gasteiger partial charge >= 0.3 is 7.60 Å². The summed E-state index contributed by atoms with van der Waals surface area (Å²) in [7, 11) is -3.75. The maximum absolute atomic E-state index is 10.7. The Morgan fingerprint density at radius 2 is 0.826 bits per heavy atom. The molecule has 0 rings (SSSR count). The quantitative estimate of drug-likeness (QED) is 0.170. The van der Waals surface area contributed by atoms with E-state index in [4.69, 9.17) is 9.79 Å². The molecule has 0 spiro atoms. The van der Waals surface area contributed by atoms with E-state index in [0.29, 0.717) is 6.42 Å². The Hall–Kier alpha value is 0.644. The number of unbranched alkanes of at least 4 members (excludes halogenated alkanes) is 15. The second-order valence-electron chi connectivity index (χ2n) is 6.69. The summed E-state index contributed by atoms with van der Waals surface area (Å²) in [6.45, 7) is 2.27. The number of hydrogen-bond donors (Lipinski definition) is 2. The van der Waals surface area contributed by atoms with Crippen molar-refractivity contribution in [2.45, 2.75) is 110 Å². The van der Waals surface area contributed by atoms with Crippen LogP contribution in [0.5, 0.6) is 0 Å². The smallest absolute Gasteiger partial charge is 0.324 e. The van der Waals surface area contributed by atoms with E-state index in [2.05, 4.69) is 6.92 Å². The maximum Gasteiger partial charge on any atom is 0.325 e. The van der Waals surface area contributed by atoms with Gasteiger partial charge in [-0.05, 0) is 6.42 Å². The first-order valence-corrected chi connectivity index (χ1v) is 11.4. The molecule has 0 aliphatic rings. The van der Waals surface area contributed by atoms with Crippen molar-refractivity contribution in [3.8, 4) is 0 Å². The SMILES string of the molecule is CCCCCCCCCCCCCCCCCCP(=O)(O)O.[Ni]. The third-order valence-electron chi connectivity index (χ3n) is 4.30. The minimum absolute atomic E-state index is 0. The van der Waals surface area contributed by atoms with Crippen molar-refractivity contribution in [3.05, 3.63) is 0 Å². The Morgan fingerprint density at radius 3 is 1.09 bits per heavy atom. The van der Waals surface area contributed by atoms with Gasteiger partial charge in [-0.1, -0.05) is 103 Å². The van der Waals surface area contributed by atoms with E-state index >= 15 is 0 Å². The zero-order chi connectivity index (χ0) is 16.5. The molecule has 2 N–H and O–H groups in total. The largest absolute Gasteiger partial charge is 0.325 e. The molecule has 144 valence electrons. The normalized spacial score (nSPS) is 11.4. The molecule has 23 heavy (non-hydrogen) atoms. The van der Waals surface area contributed by atoms with Gasteiger partial charge < -0.3 is 9.79 Å². The van der Waals surface area contributed by atoms with Gasteiger partial charge in [0, 0.05) is 22.7 Å². The Balaban J connectivity index is 0. The molecule has 0 aromatic rings. The molecule has 0 aromatic carbocycles. The first-order valence-electron chi connectivity index (χ1n) is 9.61. The fraction of sp³-hybridized carbons (Fsp3) is 1.00. The first-order chi connectivity index (χ1) is 10.6. The van der Waals surface area contributed by atoms with E-state index in [1.807, 2.05) is 0 Å². The monoisotopic (exact) mass is 392 g/mol. The van der Waals surface area contributed by atoms with Gasteiger partial charge in [-0.15, -0.1) is 0 Å². The zero-order valence-electron chi connectivity index (χ0n) is 15.1. The average molecular weight is 393 g/mol. The molecule has 0 saturated carbocycles. The van der Waals surface area contributed by atoms with Crippen LogP contribution >= 0.6 is 7.60 Å². The summed E-state index contributed by atoms with van der Waals surface area (Å²) in [6.07, 6.45) is 20.6. The van der Waals surface area contributed by atoms with Gasteiger partial charge in [0.05, 0.1) is 0 Å². The van der Waals surface area contributed by atoms with E-state index in [1.54, 1.807) is 0 Å². The van der Waals surface area contributed by atoms with Crippen LogP contribution < -0.4 is 0 Å². The second-order valence-corrected chi connectivity index (χ2v) is 8.47. The van der Waals surface area contributed by atoms with Gasteiger partial charge in [0.1, 0.15) is 0 Å². The van der Waals surface area contributed by atoms with Gasteiger partial charge in [0.25, 0.3) is 0 Å². The molecule has 0 bridgehead atoms. The summed E-state index contributed by atoms with van der Waals surface area (Å²) in [5.74, 6) is 0. The molecule has 0 atom stereocenters. The molecule has 0 aromatic heterocycles. The maximum atomic E-state index is 10.7. The number of rotatable bonds is 17. The molecular weight excluding hydrogens is 354 g/mol. The van der Waals surface area contributed by atoms with Crippen LogP contribution in [0.4, 0.5) is 0 Å². The van der Waals surface area contributed by atoms with E-state index in [1.165, 1.54) is 83.5 Å². The predicted octanol–water partition coefficient (Wildman–Crippen LogP) is 6.42. The molecule has 0 saturated heterocycles. The molecule has 0 radical (unpaired) electrons. The standard InChI is InChI=1S/C18H39O3P.Ni/c1-2-3-4-5-6-7-8-9-10-11-12-13-14-15-16-17-18-22(19,20)21;/h2-18H2,1H3,(H2,19,20,21);. The number of hydrogen-bond acceptors (Lipinski definition) is 1. The summed E-state index contributed by atoms with van der Waals surface area (Å²) in [4.78, 5) is 17.5. The van der Waals surface area contributed by atoms with E-state index in [9.17, 15) is 4.57 Å². The minimum Gasteiger partial charge on any atom is -0.324 e. The van der Waals surface area contributed by atoms with Crippen LogP contribution in [0.15, 0.2) is 0 Å². The molecule has 0 amide bonds. The molecule has 0 heterocycles.